The van der Waals surface area contributed by atoms with Gasteiger partial charge in [0.2, 0.25) is 0 Å². The number of carbonyl (C=O) groups excluding carboxylic acids is 1. The topological polar surface area (TPSA) is 41.6 Å². The molecule has 0 saturated heterocycles. The molecule has 0 atom stereocenters. The highest BCUT2D eigenvalue weighted by molar-refractivity contribution is 5.81. The molecule has 4 nitrogen and oxygen atoms in total. The van der Waals surface area contributed by atoms with E-state index in [1.54, 1.807) is 6.20 Å². The summed E-state index contributed by atoms with van der Waals surface area (Å²) in [6.07, 6.45) is 2.97. The van der Waals surface area contributed by atoms with Crippen LogP contribution >= 0.6 is 0 Å². The Labute approximate surface area is 79.6 Å². The van der Waals surface area contributed by atoms with E-state index in [0.717, 1.165) is 19.6 Å². The molecule has 4 heteroatoms. The summed E-state index contributed by atoms with van der Waals surface area (Å²) < 4.78 is 4.42. The van der Waals surface area contributed by atoms with Crippen LogP contribution in [0.4, 0.5) is 0 Å². The summed E-state index contributed by atoms with van der Waals surface area (Å²) in [5.41, 5.74) is 0. The average molecular weight is 186 g/mol. The third-order valence-corrected chi connectivity index (χ3v) is 1.72. The van der Waals surface area contributed by atoms with Gasteiger partial charge >= 0.3 is 5.97 Å². The number of hydrogen-bond acceptors (Lipinski definition) is 4. The van der Waals surface area contributed by atoms with Crippen molar-refractivity contribution in [2.75, 3.05) is 33.8 Å². The van der Waals surface area contributed by atoms with Crippen molar-refractivity contribution < 1.29 is 9.53 Å². The summed E-state index contributed by atoms with van der Waals surface area (Å²) in [6, 6.07) is 0. The van der Waals surface area contributed by atoms with Crippen LogP contribution in [0.3, 0.4) is 0 Å². The van der Waals surface area contributed by atoms with Crippen LogP contribution in [0.25, 0.3) is 0 Å². The van der Waals surface area contributed by atoms with Crippen molar-refractivity contribution in [3.63, 3.8) is 0 Å². The minimum Gasteiger partial charge on any atom is -0.466 e. The highest BCUT2D eigenvalue weighted by Crippen LogP contribution is 1.78. The molecule has 0 spiro atoms. The van der Waals surface area contributed by atoms with Crippen molar-refractivity contribution in [3.8, 4) is 0 Å². The van der Waals surface area contributed by atoms with Gasteiger partial charge in [-0.05, 0) is 13.6 Å². The zero-order valence-corrected chi connectivity index (χ0v) is 8.54. The molecule has 0 heterocycles. The van der Waals surface area contributed by atoms with Crippen molar-refractivity contribution >= 4 is 5.97 Å². The third kappa shape index (κ3) is 7.33. The highest BCUT2D eigenvalue weighted by atomic mass is 16.5. The molecule has 1 N–H and O–H groups in total. The summed E-state index contributed by atoms with van der Waals surface area (Å²) in [7, 11) is 3.41. The van der Waals surface area contributed by atoms with Gasteiger partial charge in [0.15, 0.2) is 0 Å². The minimum absolute atomic E-state index is 0.337. The number of nitrogens with zero attached hydrogens (tertiary/aromatic N) is 1. The third-order valence-electron chi connectivity index (χ3n) is 1.72. The molecule has 13 heavy (non-hydrogen) atoms. The zero-order valence-electron chi connectivity index (χ0n) is 8.54. The van der Waals surface area contributed by atoms with Gasteiger partial charge in [-0.3, -0.25) is 0 Å². The molecule has 0 aromatic rings. The van der Waals surface area contributed by atoms with Crippen LogP contribution in [-0.2, 0) is 9.53 Å². The molecule has 0 aliphatic carbocycles. The van der Waals surface area contributed by atoms with Crippen molar-refractivity contribution in [1.82, 2.24) is 10.2 Å². The molecular weight excluding hydrogens is 168 g/mol. The lowest BCUT2D eigenvalue weighted by molar-refractivity contribution is -0.134. The number of esters is 1. The van der Waals surface area contributed by atoms with Gasteiger partial charge in [0.05, 0.1) is 7.11 Å². The number of carbonyl (C=O) groups is 1. The molecule has 0 rings (SSSR count). The molecule has 0 aliphatic rings. The second kappa shape index (κ2) is 7.61. The predicted octanol–water partition coefficient (Wildman–Crippen LogP) is 0.214. The minimum atomic E-state index is -0.337. The van der Waals surface area contributed by atoms with E-state index in [1.165, 1.54) is 13.2 Å². The summed E-state index contributed by atoms with van der Waals surface area (Å²) in [5, 5.41) is 2.99. The van der Waals surface area contributed by atoms with Crippen molar-refractivity contribution in [2.24, 2.45) is 0 Å². The van der Waals surface area contributed by atoms with Crippen LogP contribution in [0.5, 0.6) is 0 Å². The van der Waals surface area contributed by atoms with Gasteiger partial charge in [-0.2, -0.15) is 0 Å². The molecule has 0 fully saturated rings. The van der Waals surface area contributed by atoms with Crippen molar-refractivity contribution in [3.05, 3.63) is 12.3 Å². The lowest BCUT2D eigenvalue weighted by Crippen LogP contribution is -2.26. The van der Waals surface area contributed by atoms with Gasteiger partial charge in [-0.25, -0.2) is 4.79 Å². The van der Waals surface area contributed by atoms with Gasteiger partial charge < -0.3 is 15.0 Å². The number of likely N-dealkylation sites (N-methyl/N-ethyl adjacent to an activating group) is 1. The lowest BCUT2D eigenvalue weighted by Gasteiger charge is -2.12. The lowest BCUT2D eigenvalue weighted by atomic mass is 10.5. The molecule has 0 bridgehead atoms. The Kier molecular flexibility index (Phi) is 7.01. The quantitative estimate of drug-likeness (QED) is 0.366. The zero-order chi connectivity index (χ0) is 10.1. The van der Waals surface area contributed by atoms with E-state index < -0.39 is 0 Å². The Balaban J connectivity index is 3.35. The fourth-order valence-electron chi connectivity index (χ4n) is 0.692. The monoisotopic (exact) mass is 186 g/mol. The summed E-state index contributed by atoms with van der Waals surface area (Å²) in [4.78, 5) is 12.8. The predicted molar refractivity (Wildman–Crippen MR) is 52.3 cm³/mol. The number of hydrogen-bond donors (Lipinski definition) is 1. The van der Waals surface area contributed by atoms with Crippen molar-refractivity contribution in [1.29, 1.82) is 0 Å². The first-order valence-corrected chi connectivity index (χ1v) is 4.37. The first-order chi connectivity index (χ1) is 6.20. The first-order valence-electron chi connectivity index (χ1n) is 4.37. The normalized spacial score (nSPS) is 10.8. The number of nitrogens with one attached hydrogen (secondary N) is 1. The molecule has 0 amide bonds. The maximum atomic E-state index is 10.6. The molecule has 0 radical (unpaired) electrons. The molecule has 76 valence electrons. The van der Waals surface area contributed by atoms with Crippen LogP contribution < -0.4 is 5.32 Å². The van der Waals surface area contributed by atoms with E-state index in [1.807, 2.05) is 7.05 Å². The maximum absolute atomic E-state index is 10.6. The van der Waals surface area contributed by atoms with E-state index in [0.29, 0.717) is 0 Å². The Morgan fingerprint density at radius 3 is 2.85 bits per heavy atom. The van der Waals surface area contributed by atoms with E-state index in [9.17, 15) is 4.79 Å². The van der Waals surface area contributed by atoms with Crippen LogP contribution in [0.2, 0.25) is 0 Å². The van der Waals surface area contributed by atoms with Crippen LogP contribution in [0.15, 0.2) is 12.3 Å². The Bertz CT molecular complexity index is 169. The van der Waals surface area contributed by atoms with Crippen LogP contribution in [0, 0.1) is 0 Å². The average Bonchev–Trinajstić information content (AvgIpc) is 2.16. The van der Waals surface area contributed by atoms with E-state index in [4.69, 9.17) is 0 Å². The SMILES string of the molecule is CCN(C)CCN/C=C/C(=O)OC. The number of rotatable bonds is 6. The molecule has 0 aliphatic heterocycles. The summed E-state index contributed by atoms with van der Waals surface area (Å²) in [6.45, 7) is 4.92. The van der Waals surface area contributed by atoms with Crippen molar-refractivity contribution in [2.45, 2.75) is 6.92 Å². The van der Waals surface area contributed by atoms with Gasteiger partial charge in [-0.1, -0.05) is 6.92 Å². The van der Waals surface area contributed by atoms with Crippen LogP contribution in [0.1, 0.15) is 6.92 Å². The van der Waals surface area contributed by atoms with E-state index >= 15 is 0 Å². The fraction of sp³-hybridized carbons (Fsp3) is 0.667. The summed E-state index contributed by atoms with van der Waals surface area (Å²) >= 11 is 0. The molecular formula is C9H18N2O2. The molecule has 0 aromatic heterocycles. The largest absolute Gasteiger partial charge is 0.466 e. The molecule has 0 unspecified atom stereocenters. The standard InChI is InChI=1S/C9H18N2O2/c1-4-11(2)8-7-10-6-5-9(12)13-3/h5-6,10H,4,7-8H2,1-3H3/b6-5+. The van der Waals surface area contributed by atoms with Gasteiger partial charge in [-0.15, -0.1) is 0 Å². The summed E-state index contributed by atoms with van der Waals surface area (Å²) in [5.74, 6) is -0.337. The smallest absolute Gasteiger partial charge is 0.331 e. The first kappa shape index (κ1) is 12.0. The van der Waals surface area contributed by atoms with Gasteiger partial charge in [0, 0.05) is 25.4 Å². The molecule has 0 aromatic carbocycles. The number of methoxy groups -OCH3 is 1. The second-order valence-corrected chi connectivity index (χ2v) is 2.71. The van der Waals surface area contributed by atoms with E-state index in [2.05, 4.69) is 21.9 Å². The van der Waals surface area contributed by atoms with Gasteiger partial charge in [0.1, 0.15) is 0 Å². The molecule has 0 saturated carbocycles. The Hall–Kier alpha value is -1.03. The van der Waals surface area contributed by atoms with Gasteiger partial charge in [0.25, 0.3) is 0 Å². The Morgan fingerprint density at radius 2 is 2.31 bits per heavy atom. The maximum Gasteiger partial charge on any atom is 0.331 e. The van der Waals surface area contributed by atoms with Crippen LogP contribution in [-0.4, -0.2) is 44.7 Å². The highest BCUT2D eigenvalue weighted by Gasteiger charge is 1.92. The fourth-order valence-corrected chi connectivity index (χ4v) is 0.692. The second-order valence-electron chi connectivity index (χ2n) is 2.71. The van der Waals surface area contributed by atoms with E-state index in [-0.39, 0.29) is 5.97 Å². The number of ether oxygens (including phenoxy) is 1. The Morgan fingerprint density at radius 1 is 1.62 bits per heavy atom.